The highest BCUT2D eigenvalue weighted by Crippen LogP contribution is 2.29. The number of carboxylic acids is 1. The normalized spacial score (nSPS) is 19.7. The number of guanidine groups is 6. The molecule has 0 saturated carbocycles. The van der Waals surface area contributed by atoms with Crippen LogP contribution in [0.25, 0.3) is 0 Å². The van der Waals surface area contributed by atoms with Gasteiger partial charge in [0.25, 0.3) is 0 Å². The van der Waals surface area contributed by atoms with Gasteiger partial charge in [-0.15, -0.1) is 0 Å². The monoisotopic (exact) mass is 1770 g/mol. The summed E-state index contributed by atoms with van der Waals surface area (Å²) in [6, 6.07) is -17.3. The molecule has 15 atom stereocenters. The molecule has 5 aliphatic rings. The van der Waals surface area contributed by atoms with Crippen molar-refractivity contribution in [1.29, 1.82) is 0 Å². The summed E-state index contributed by atoms with van der Waals surface area (Å²) in [6.07, 6.45) is 3.99. The van der Waals surface area contributed by atoms with Crippen molar-refractivity contribution >= 4 is 131 Å². The number of aliphatic carboxylic acids is 1. The maximum atomic E-state index is 15.3. The van der Waals surface area contributed by atoms with Gasteiger partial charge in [0, 0.05) is 77.7 Å². The van der Waals surface area contributed by atoms with Gasteiger partial charge in [-0.25, -0.2) is 4.79 Å². The first-order valence-electron chi connectivity index (χ1n) is 42.7. The summed E-state index contributed by atoms with van der Waals surface area (Å²) in [4.78, 5) is 233. The number of aliphatic imine (C=N–C) groups is 6. The molecule has 5 fully saturated rings. The predicted molar refractivity (Wildman–Crippen MR) is 467 cm³/mol. The Bertz CT molecular complexity index is 3830. The summed E-state index contributed by atoms with van der Waals surface area (Å²) in [5.41, 5.74) is 73.4. The van der Waals surface area contributed by atoms with Crippen LogP contribution in [0.15, 0.2) is 30.0 Å². The van der Waals surface area contributed by atoms with E-state index in [9.17, 15) is 57.8 Å². The van der Waals surface area contributed by atoms with Crippen molar-refractivity contribution in [1.82, 2.24) is 67.0 Å². The Morgan fingerprint density at radius 1 is 0.355 bits per heavy atom. The topological polar surface area (TPSA) is 784 Å². The fourth-order valence-corrected chi connectivity index (χ4v) is 15.9. The summed E-state index contributed by atoms with van der Waals surface area (Å²) >= 11 is 4.04. The average molecular weight is 1770 g/mol. The first-order valence-corrected chi connectivity index (χ1v) is 43.3. The third kappa shape index (κ3) is 33.0. The predicted octanol–water partition coefficient (Wildman–Crippen LogP) is -8.42. The van der Waals surface area contributed by atoms with Crippen LogP contribution in [0.4, 0.5) is 0 Å². The number of hydrogen-bond donors (Lipinski definition) is 23. The number of nitrogens with two attached hydrogens (primary N) is 13. The number of hydrogen-bond acceptors (Lipinski definition) is 22. The summed E-state index contributed by atoms with van der Waals surface area (Å²) in [5.74, 6) is -12.7. The van der Waals surface area contributed by atoms with Gasteiger partial charge in [0.2, 0.25) is 76.8 Å². The number of nitrogens with zero attached hydrogens (tertiary/aromatic N) is 11. The van der Waals surface area contributed by atoms with Crippen molar-refractivity contribution in [2.24, 2.45) is 116 Å². The molecular formula is C76H136N32O15S. The van der Waals surface area contributed by atoms with Crippen molar-refractivity contribution in [3.8, 4) is 0 Å². The minimum Gasteiger partial charge on any atom is -0.480 e. The first kappa shape index (κ1) is 103. The second-order valence-corrected chi connectivity index (χ2v) is 32.6. The zero-order chi connectivity index (χ0) is 92.0. The van der Waals surface area contributed by atoms with E-state index in [-0.39, 0.29) is 229 Å². The van der Waals surface area contributed by atoms with Crippen LogP contribution in [-0.2, 0) is 67.1 Å². The number of likely N-dealkylation sites (tertiary alicyclic amines) is 5. The molecule has 5 aliphatic heterocycles. The Hall–Kier alpha value is -11.5. The quantitative estimate of drug-likeness (QED) is 0.0116. The molecule has 5 heterocycles. The maximum absolute atomic E-state index is 15.3. The molecule has 13 amide bonds. The van der Waals surface area contributed by atoms with Gasteiger partial charge >= 0.3 is 5.97 Å². The Balaban J connectivity index is 1.37. The van der Waals surface area contributed by atoms with Crippen LogP contribution >= 0.6 is 12.6 Å². The number of amides is 13. The molecular weight excluding hydrogens is 1630 g/mol. The van der Waals surface area contributed by atoms with Crippen LogP contribution in [0.3, 0.4) is 0 Å². The third-order valence-corrected chi connectivity index (χ3v) is 22.6. The SMILES string of the molecule is CC[C@H](C)[C@H](NC(=O)[C@H](CCCN=C(N)N)NC(=O)[C@@H](N)CCCN=C(N)N)C(=O)N[C@@H](CCCN=C(N)N)C(=O)N1CCC[C@H]1C(=O)N[C@@H](CCCN=C(N)N)C(=O)N1CCC[C@H]1C(=O)N1CCC[C@H]1C(=O)N[C@@H](CCCN=C(N)N)C(=O)N[C@@H](CC(C)C)C(=O)N1CCC[C@H]1C(=O)N[C@@H](CCCN=C(N)N)C(=O)N1CCC[C@H]1C(=O)N[C@@H](CS)C(=O)O. The van der Waals surface area contributed by atoms with Crippen molar-refractivity contribution in [2.45, 2.75) is 266 Å². The van der Waals surface area contributed by atoms with Crippen LogP contribution in [0.5, 0.6) is 0 Å². The van der Waals surface area contributed by atoms with E-state index in [0.29, 0.717) is 44.9 Å². The minimum absolute atomic E-state index is 0.00515. The highest BCUT2D eigenvalue weighted by molar-refractivity contribution is 7.80. The van der Waals surface area contributed by atoms with Crippen LogP contribution in [0, 0.1) is 11.8 Å². The van der Waals surface area contributed by atoms with E-state index in [1.807, 2.05) is 13.8 Å². The van der Waals surface area contributed by atoms with E-state index in [2.05, 4.69) is 85.1 Å². The fourth-order valence-electron chi connectivity index (χ4n) is 15.7. The zero-order valence-corrected chi connectivity index (χ0v) is 72.6. The molecule has 0 aliphatic carbocycles. The van der Waals surface area contributed by atoms with Gasteiger partial charge in [-0.3, -0.25) is 92.3 Å². The van der Waals surface area contributed by atoms with E-state index in [1.54, 1.807) is 13.8 Å². The minimum atomic E-state index is -1.37. The van der Waals surface area contributed by atoms with Crippen LogP contribution in [0.2, 0.25) is 0 Å². The van der Waals surface area contributed by atoms with Gasteiger partial charge in [-0.1, -0.05) is 34.1 Å². The van der Waals surface area contributed by atoms with E-state index >= 15 is 14.4 Å². The second kappa shape index (κ2) is 52.2. The molecule has 0 unspecified atom stereocenters. The number of nitrogens with one attached hydrogen (secondary N) is 8. The Morgan fingerprint density at radius 2 is 0.629 bits per heavy atom. The van der Waals surface area contributed by atoms with Gasteiger partial charge in [0.15, 0.2) is 35.8 Å². The van der Waals surface area contributed by atoms with E-state index in [4.69, 9.17) is 74.5 Å². The highest BCUT2D eigenvalue weighted by atomic mass is 32.1. The van der Waals surface area contributed by atoms with E-state index in [1.165, 1.54) is 24.5 Å². The fraction of sp³-hybridized carbons (Fsp3) is 0.737. The molecule has 0 radical (unpaired) electrons. The van der Waals surface area contributed by atoms with E-state index < -0.39 is 173 Å². The van der Waals surface area contributed by atoms with Crippen molar-refractivity contribution < 1.29 is 72.2 Å². The highest BCUT2D eigenvalue weighted by Gasteiger charge is 2.48. The van der Waals surface area contributed by atoms with Gasteiger partial charge in [0.1, 0.15) is 78.5 Å². The number of thiol groups is 1. The molecule has 0 aromatic carbocycles. The maximum Gasteiger partial charge on any atom is 0.327 e. The Labute approximate surface area is 727 Å². The number of carbonyl (C=O) groups excluding carboxylic acids is 13. The number of carboxylic acid groups (broad SMARTS) is 1. The lowest BCUT2D eigenvalue weighted by Crippen LogP contribution is -2.61. The molecule has 0 bridgehead atoms. The smallest absolute Gasteiger partial charge is 0.327 e. The molecule has 0 spiro atoms. The average Bonchev–Trinajstić information content (AvgIpc) is 1.64. The Kier molecular flexibility index (Phi) is 43.4. The summed E-state index contributed by atoms with van der Waals surface area (Å²) in [7, 11) is 0. The van der Waals surface area contributed by atoms with Gasteiger partial charge in [0.05, 0.1) is 6.04 Å². The summed E-state index contributed by atoms with van der Waals surface area (Å²) in [6.45, 7) is 7.89. The number of carbonyl (C=O) groups is 14. The van der Waals surface area contributed by atoms with Gasteiger partial charge in [-0.2, -0.15) is 12.6 Å². The standard InChI is InChI=1S/C76H136N32O15S/c1-5-42(4)56(103-59(111)45(19-8-30-92-73(82)83)96-57(109)43(77)17-6-28-90-71(78)79)64(116)100-48(22-11-33-95-76(88)89)66(118)104-34-12-23-51(104)61(113)99-47(21-10-32-94-75(86)87)67(119)108-38-16-27-55(108)69(121)107-37-15-26-54(107)60(112)97-44(18-7-29-91-72(80)81)58(110)101-49(39-41(2)3)68(120)106-36-14-24-52(106)62(114)98-46(20-9-31-93-74(84)85)65(117)105-35-13-25-53(105)63(115)102-50(40-124)70(122)123/h41-56,124H,5-40,77H2,1-4H3,(H,96,109)(H,97,112)(H,98,114)(H,99,113)(H,100,116)(H,101,110)(H,102,115)(H,103,111)(H,122,123)(H4,78,79,90)(H4,80,81,91)(H4,82,83,92)(H4,84,85,93)(H4,86,87,94)(H4,88,89,95)/t42-,43-,44-,45-,46-,47-,48-,49-,50-,51-,52-,53-,54-,55-,56-/m0/s1. The molecule has 696 valence electrons. The van der Waals surface area contributed by atoms with E-state index in [0.717, 1.165) is 0 Å². The van der Waals surface area contributed by atoms with Gasteiger partial charge in [-0.05, 0) is 160 Å². The lowest BCUT2D eigenvalue weighted by atomic mass is 9.96. The third-order valence-electron chi connectivity index (χ3n) is 22.2. The van der Waals surface area contributed by atoms with Crippen LogP contribution in [0.1, 0.15) is 182 Å². The molecule has 5 rings (SSSR count). The molecule has 35 N–H and O–H groups in total. The Morgan fingerprint density at radius 3 is 0.976 bits per heavy atom. The largest absolute Gasteiger partial charge is 0.480 e. The summed E-state index contributed by atoms with van der Waals surface area (Å²) in [5, 5.41) is 31.7. The zero-order valence-electron chi connectivity index (χ0n) is 71.7. The molecule has 0 aromatic heterocycles. The molecule has 48 heteroatoms. The second-order valence-electron chi connectivity index (χ2n) is 32.2. The number of rotatable bonds is 51. The van der Waals surface area contributed by atoms with Crippen LogP contribution in [-0.4, -0.2) is 310 Å². The molecule has 47 nitrogen and oxygen atoms in total. The lowest BCUT2D eigenvalue weighted by molar-refractivity contribution is -0.148. The molecule has 124 heavy (non-hydrogen) atoms. The van der Waals surface area contributed by atoms with Gasteiger partial charge < -0.3 is 147 Å². The van der Waals surface area contributed by atoms with Crippen molar-refractivity contribution in [2.75, 3.05) is 77.7 Å². The molecule has 0 aromatic rings. The summed E-state index contributed by atoms with van der Waals surface area (Å²) < 4.78 is 0. The van der Waals surface area contributed by atoms with Crippen molar-refractivity contribution in [3.05, 3.63) is 0 Å². The van der Waals surface area contributed by atoms with Crippen LogP contribution < -0.4 is 117 Å². The van der Waals surface area contributed by atoms with Crippen molar-refractivity contribution in [3.63, 3.8) is 0 Å². The lowest BCUT2D eigenvalue weighted by Gasteiger charge is -2.34. The molecule has 5 saturated heterocycles. The first-order chi connectivity index (χ1) is 58.8.